The number of nitrogens with zero attached hydrogens (tertiary/aromatic N) is 1. The lowest BCUT2D eigenvalue weighted by Crippen LogP contribution is -2.44. The summed E-state index contributed by atoms with van der Waals surface area (Å²) >= 11 is 0. The van der Waals surface area contributed by atoms with E-state index < -0.39 is 18.2 Å². The van der Waals surface area contributed by atoms with Crippen molar-refractivity contribution >= 4 is 11.9 Å². The van der Waals surface area contributed by atoms with Crippen molar-refractivity contribution < 1.29 is 19.4 Å². The van der Waals surface area contributed by atoms with E-state index in [1.54, 1.807) is 0 Å². The number of hydrogen-bond donors (Lipinski definition) is 1. The first-order valence-electron chi connectivity index (χ1n) is 6.79. The molecule has 2 rings (SSSR count). The molecule has 5 heteroatoms. The zero-order chi connectivity index (χ0) is 13.1. The van der Waals surface area contributed by atoms with Crippen molar-refractivity contribution in [3.8, 4) is 0 Å². The van der Waals surface area contributed by atoms with E-state index >= 15 is 0 Å². The summed E-state index contributed by atoms with van der Waals surface area (Å²) in [7, 11) is 0. The van der Waals surface area contributed by atoms with Crippen LogP contribution in [-0.2, 0) is 14.3 Å². The Morgan fingerprint density at radius 2 is 1.78 bits per heavy atom. The van der Waals surface area contributed by atoms with Gasteiger partial charge in [0.15, 0.2) is 6.10 Å². The third-order valence-corrected chi connectivity index (χ3v) is 4.07. The van der Waals surface area contributed by atoms with Gasteiger partial charge in [-0.25, -0.2) is 4.79 Å². The molecule has 1 N–H and O–H groups in total. The van der Waals surface area contributed by atoms with Crippen molar-refractivity contribution in [2.24, 2.45) is 5.92 Å². The van der Waals surface area contributed by atoms with Crippen LogP contribution in [0.3, 0.4) is 0 Å². The topological polar surface area (TPSA) is 66.8 Å². The number of carboxylic acids is 1. The molecule has 0 saturated carbocycles. The molecule has 0 aromatic rings. The molecule has 0 unspecified atom stereocenters. The molecule has 2 fully saturated rings. The van der Waals surface area contributed by atoms with Crippen LogP contribution in [-0.4, -0.2) is 47.2 Å². The molecule has 2 atom stereocenters. The van der Waals surface area contributed by atoms with Crippen molar-refractivity contribution in [2.75, 3.05) is 13.1 Å². The van der Waals surface area contributed by atoms with E-state index in [-0.39, 0.29) is 5.91 Å². The lowest BCUT2D eigenvalue weighted by Gasteiger charge is -2.33. The van der Waals surface area contributed by atoms with Gasteiger partial charge in [0.05, 0.1) is 0 Å². The lowest BCUT2D eigenvalue weighted by molar-refractivity contribution is -0.155. The zero-order valence-electron chi connectivity index (χ0n) is 10.8. The molecule has 2 aliphatic heterocycles. The highest BCUT2D eigenvalue weighted by molar-refractivity contribution is 5.82. The highest BCUT2D eigenvalue weighted by Gasteiger charge is 2.37. The molecule has 1 amide bonds. The van der Waals surface area contributed by atoms with Crippen molar-refractivity contribution in [1.29, 1.82) is 0 Å². The van der Waals surface area contributed by atoms with Crippen LogP contribution in [0, 0.1) is 5.92 Å². The van der Waals surface area contributed by atoms with Gasteiger partial charge in [-0.2, -0.15) is 0 Å². The Hall–Kier alpha value is -1.10. The van der Waals surface area contributed by atoms with Gasteiger partial charge in [0.1, 0.15) is 6.10 Å². The minimum absolute atomic E-state index is 0.0201. The molecule has 0 aliphatic carbocycles. The van der Waals surface area contributed by atoms with Crippen LogP contribution in [0.25, 0.3) is 0 Å². The summed E-state index contributed by atoms with van der Waals surface area (Å²) in [5.74, 6) is -0.256. The number of aliphatic carboxylic acids is 1. The second kappa shape index (κ2) is 5.69. The average molecular weight is 255 g/mol. The summed E-state index contributed by atoms with van der Waals surface area (Å²) in [6.07, 6.45) is 2.91. The molecular formula is C13H21NO4. The van der Waals surface area contributed by atoms with Gasteiger partial charge < -0.3 is 14.7 Å². The molecular weight excluding hydrogens is 234 g/mol. The van der Waals surface area contributed by atoms with Crippen molar-refractivity contribution in [3.05, 3.63) is 0 Å². The second-order valence-electron chi connectivity index (χ2n) is 5.21. The number of hydrogen-bond acceptors (Lipinski definition) is 3. The largest absolute Gasteiger partial charge is 0.479 e. The molecule has 102 valence electrons. The maximum Gasteiger partial charge on any atom is 0.332 e. The molecule has 0 aromatic carbocycles. The first-order valence-corrected chi connectivity index (χ1v) is 6.79. The number of piperidine rings is 1. The fraction of sp³-hybridized carbons (Fsp3) is 0.846. The van der Waals surface area contributed by atoms with E-state index in [0.29, 0.717) is 12.8 Å². The summed E-state index contributed by atoms with van der Waals surface area (Å²) in [6, 6.07) is 0. The molecule has 2 heterocycles. The van der Waals surface area contributed by atoms with Gasteiger partial charge in [-0.15, -0.1) is 0 Å². The van der Waals surface area contributed by atoms with Crippen LogP contribution in [0.4, 0.5) is 0 Å². The van der Waals surface area contributed by atoms with Gasteiger partial charge in [0, 0.05) is 13.1 Å². The van der Waals surface area contributed by atoms with E-state index in [2.05, 4.69) is 6.92 Å². The molecule has 0 aromatic heterocycles. The van der Waals surface area contributed by atoms with E-state index in [9.17, 15) is 9.59 Å². The second-order valence-corrected chi connectivity index (χ2v) is 5.21. The summed E-state index contributed by atoms with van der Waals surface area (Å²) in [5.41, 5.74) is 0. The monoisotopic (exact) mass is 255 g/mol. The number of likely N-dealkylation sites (tertiary alicyclic amines) is 1. The third-order valence-electron chi connectivity index (χ3n) is 4.07. The van der Waals surface area contributed by atoms with Gasteiger partial charge in [0.2, 0.25) is 0 Å². The number of carboxylic acid groups (broad SMARTS) is 1. The Bertz CT molecular complexity index is 323. The van der Waals surface area contributed by atoms with Gasteiger partial charge in [-0.3, -0.25) is 4.79 Å². The Kier molecular flexibility index (Phi) is 4.22. The smallest absolute Gasteiger partial charge is 0.332 e. The molecule has 5 nitrogen and oxygen atoms in total. The number of amides is 1. The maximum absolute atomic E-state index is 12.2. The fourth-order valence-corrected chi connectivity index (χ4v) is 2.77. The normalized spacial score (nSPS) is 29.5. The fourth-order valence-electron chi connectivity index (χ4n) is 2.77. The quantitative estimate of drug-likeness (QED) is 0.824. The highest BCUT2D eigenvalue weighted by atomic mass is 16.5. The van der Waals surface area contributed by atoms with Crippen LogP contribution >= 0.6 is 0 Å². The summed E-state index contributed by atoms with van der Waals surface area (Å²) in [5, 5.41) is 8.84. The molecule has 0 radical (unpaired) electrons. The predicted octanol–water partition coefficient (Wildman–Crippen LogP) is 1.27. The summed E-state index contributed by atoms with van der Waals surface area (Å²) in [6.45, 7) is 3.75. The maximum atomic E-state index is 12.2. The van der Waals surface area contributed by atoms with Crippen molar-refractivity contribution in [3.63, 3.8) is 0 Å². The van der Waals surface area contributed by atoms with E-state index in [1.165, 1.54) is 6.42 Å². The van der Waals surface area contributed by atoms with Crippen LogP contribution in [0.5, 0.6) is 0 Å². The minimum Gasteiger partial charge on any atom is -0.479 e. The lowest BCUT2D eigenvalue weighted by atomic mass is 9.94. The van der Waals surface area contributed by atoms with Gasteiger partial charge in [-0.05, 0) is 31.6 Å². The van der Waals surface area contributed by atoms with Crippen LogP contribution in [0.15, 0.2) is 0 Å². The predicted molar refractivity (Wildman–Crippen MR) is 65.1 cm³/mol. The van der Waals surface area contributed by atoms with Crippen LogP contribution < -0.4 is 0 Å². The van der Waals surface area contributed by atoms with Crippen LogP contribution in [0.1, 0.15) is 39.0 Å². The standard InChI is InChI=1S/C13H21NO4/c1-2-9-5-7-14(8-6-9)12(15)10-3-4-11(18-10)13(16)17/h9-11H,2-8H2,1H3,(H,16,17)/t10-,11+/m0/s1. The molecule has 2 aliphatic rings. The highest BCUT2D eigenvalue weighted by Crippen LogP contribution is 2.25. The van der Waals surface area contributed by atoms with Crippen molar-refractivity contribution in [2.45, 2.75) is 51.2 Å². The van der Waals surface area contributed by atoms with Gasteiger partial charge in [0.25, 0.3) is 5.91 Å². The Morgan fingerprint density at radius 3 is 2.28 bits per heavy atom. The Balaban J connectivity index is 1.84. The zero-order valence-corrected chi connectivity index (χ0v) is 10.8. The van der Waals surface area contributed by atoms with Crippen molar-refractivity contribution in [1.82, 2.24) is 4.90 Å². The molecule has 2 saturated heterocycles. The Labute approximate surface area is 107 Å². The number of carbonyl (C=O) groups is 2. The number of carbonyl (C=O) groups excluding carboxylic acids is 1. The van der Waals surface area contributed by atoms with Crippen LogP contribution in [0.2, 0.25) is 0 Å². The first-order chi connectivity index (χ1) is 8.61. The SMILES string of the molecule is CCC1CCN(C(=O)[C@@H]2CC[C@H](C(=O)O)O2)CC1. The Morgan fingerprint density at radius 1 is 1.17 bits per heavy atom. The minimum atomic E-state index is -0.963. The van der Waals surface area contributed by atoms with Gasteiger partial charge in [-0.1, -0.05) is 13.3 Å². The van der Waals surface area contributed by atoms with E-state index in [1.807, 2.05) is 4.90 Å². The summed E-state index contributed by atoms with van der Waals surface area (Å²) in [4.78, 5) is 24.8. The van der Waals surface area contributed by atoms with E-state index in [0.717, 1.165) is 31.8 Å². The molecule has 0 bridgehead atoms. The average Bonchev–Trinajstić information content (AvgIpc) is 2.88. The molecule has 18 heavy (non-hydrogen) atoms. The number of rotatable bonds is 3. The molecule has 0 spiro atoms. The third kappa shape index (κ3) is 2.83. The van der Waals surface area contributed by atoms with E-state index in [4.69, 9.17) is 9.84 Å². The first kappa shape index (κ1) is 13.3. The number of ether oxygens (including phenoxy) is 1. The summed E-state index contributed by atoms with van der Waals surface area (Å²) < 4.78 is 5.30. The van der Waals surface area contributed by atoms with Gasteiger partial charge >= 0.3 is 5.97 Å².